The molecule has 3 fully saturated rings. The zero-order valence-corrected chi connectivity index (χ0v) is 22.0. The molecular weight excluding hydrogens is 480 g/mol. The molecule has 0 atom stereocenters. The first kappa shape index (κ1) is 24.5. The Balaban J connectivity index is 1.04. The third-order valence-electron chi connectivity index (χ3n) is 8.25. The molecule has 6 rings (SSSR count). The fourth-order valence-electron chi connectivity index (χ4n) is 6.00. The first-order valence-electron chi connectivity index (χ1n) is 13.6. The predicted octanol–water partition coefficient (Wildman–Crippen LogP) is 2.64. The molecule has 3 aromatic rings. The summed E-state index contributed by atoms with van der Waals surface area (Å²) in [5, 5.41) is 7.93. The molecule has 0 saturated carbocycles. The van der Waals surface area contributed by atoms with E-state index in [4.69, 9.17) is 5.73 Å². The van der Waals surface area contributed by atoms with E-state index in [1.807, 2.05) is 23.9 Å². The van der Waals surface area contributed by atoms with Gasteiger partial charge in [-0.05, 0) is 61.2 Å². The van der Waals surface area contributed by atoms with E-state index in [1.54, 1.807) is 4.90 Å². The zero-order chi connectivity index (χ0) is 26.2. The molecule has 38 heavy (non-hydrogen) atoms. The van der Waals surface area contributed by atoms with E-state index in [2.05, 4.69) is 55.4 Å². The highest BCUT2D eigenvalue weighted by molar-refractivity contribution is 6.09. The SMILES string of the molecule is Cn1nc(N2CCC(=O)NC2=O)c2ccc(N3CCC(CN4CCN(c5ccc(N)cc5)CC4)CC3)cc21. The number of aryl methyl sites for hydroxylation is 1. The minimum absolute atomic E-state index is 0.238. The van der Waals surface area contributed by atoms with Crippen molar-refractivity contribution < 1.29 is 9.59 Å². The van der Waals surface area contributed by atoms with Gasteiger partial charge in [0.05, 0.1) is 5.52 Å². The number of nitrogen functional groups attached to an aromatic ring is 1. The van der Waals surface area contributed by atoms with Crippen LogP contribution in [0.25, 0.3) is 10.9 Å². The maximum atomic E-state index is 12.4. The van der Waals surface area contributed by atoms with Crippen molar-refractivity contribution >= 4 is 45.7 Å². The molecular formula is C28H36N8O2. The number of urea groups is 1. The number of carbonyl (C=O) groups is 2. The third-order valence-corrected chi connectivity index (χ3v) is 8.25. The number of amides is 3. The highest BCUT2D eigenvalue weighted by atomic mass is 16.2. The van der Waals surface area contributed by atoms with Crippen LogP contribution < -0.4 is 25.8 Å². The summed E-state index contributed by atoms with van der Waals surface area (Å²) in [6.07, 6.45) is 2.67. The van der Waals surface area contributed by atoms with Crippen molar-refractivity contribution in [2.24, 2.45) is 13.0 Å². The number of imide groups is 1. The molecule has 10 heteroatoms. The Hall–Kier alpha value is -3.79. The number of nitrogens with two attached hydrogens (primary N) is 1. The van der Waals surface area contributed by atoms with Crippen LogP contribution in [0.15, 0.2) is 42.5 Å². The van der Waals surface area contributed by atoms with E-state index in [-0.39, 0.29) is 12.3 Å². The van der Waals surface area contributed by atoms with Crippen LogP contribution in [-0.4, -0.2) is 79.0 Å². The number of anilines is 4. The third kappa shape index (κ3) is 4.88. The Bertz CT molecular complexity index is 1320. The molecule has 2 aromatic carbocycles. The van der Waals surface area contributed by atoms with Gasteiger partial charge >= 0.3 is 6.03 Å². The predicted molar refractivity (Wildman–Crippen MR) is 151 cm³/mol. The molecule has 3 N–H and O–H groups in total. The van der Waals surface area contributed by atoms with E-state index in [1.165, 1.54) is 30.8 Å². The molecule has 4 heterocycles. The van der Waals surface area contributed by atoms with Crippen molar-refractivity contribution in [1.82, 2.24) is 20.0 Å². The summed E-state index contributed by atoms with van der Waals surface area (Å²) < 4.78 is 1.83. The van der Waals surface area contributed by atoms with Gasteiger partial charge < -0.3 is 15.5 Å². The first-order valence-corrected chi connectivity index (χ1v) is 13.6. The average Bonchev–Trinajstić information content (AvgIpc) is 3.25. The standard InChI is InChI=1S/C28H36N8O2/c1-32-25-18-23(6-7-24(25)27(31-32)36-13-10-26(37)30-28(36)38)34-11-8-20(9-12-34)19-33-14-16-35(17-15-33)22-4-2-21(29)3-5-22/h2-7,18,20H,8-17,19,29H2,1H3,(H,30,37,38). The van der Waals surface area contributed by atoms with Crippen LogP contribution in [0.3, 0.4) is 0 Å². The summed E-state index contributed by atoms with van der Waals surface area (Å²) in [5.41, 5.74) is 10.1. The summed E-state index contributed by atoms with van der Waals surface area (Å²) in [6.45, 7) is 7.94. The molecule has 3 amide bonds. The van der Waals surface area contributed by atoms with Crippen molar-refractivity contribution in [3.8, 4) is 0 Å². The summed E-state index contributed by atoms with van der Waals surface area (Å²) in [7, 11) is 1.90. The lowest BCUT2D eigenvalue weighted by Gasteiger charge is -2.40. The number of nitrogens with zero attached hydrogens (tertiary/aromatic N) is 6. The Kier molecular flexibility index (Phi) is 6.57. The van der Waals surface area contributed by atoms with Gasteiger partial charge in [-0.2, -0.15) is 5.10 Å². The number of rotatable bonds is 5. The largest absolute Gasteiger partial charge is 0.399 e. The molecule has 0 bridgehead atoms. The average molecular weight is 517 g/mol. The second-order valence-corrected chi connectivity index (χ2v) is 10.7. The summed E-state index contributed by atoms with van der Waals surface area (Å²) >= 11 is 0. The number of fused-ring (bicyclic) bond motifs is 1. The van der Waals surface area contributed by atoms with E-state index >= 15 is 0 Å². The molecule has 10 nitrogen and oxygen atoms in total. The van der Waals surface area contributed by atoms with Crippen LogP contribution in [0.4, 0.5) is 27.7 Å². The molecule has 0 spiro atoms. The van der Waals surface area contributed by atoms with Crippen LogP contribution in [-0.2, 0) is 11.8 Å². The Morgan fingerprint density at radius 1 is 0.895 bits per heavy atom. The number of benzene rings is 2. The fourth-order valence-corrected chi connectivity index (χ4v) is 6.00. The molecule has 200 valence electrons. The van der Waals surface area contributed by atoms with Gasteiger partial charge in [-0.25, -0.2) is 4.79 Å². The number of nitrogens with one attached hydrogen (secondary N) is 1. The van der Waals surface area contributed by atoms with Crippen LogP contribution in [0.1, 0.15) is 19.3 Å². The number of hydrogen-bond donors (Lipinski definition) is 2. The zero-order valence-electron chi connectivity index (χ0n) is 22.0. The van der Waals surface area contributed by atoms with E-state index in [0.29, 0.717) is 12.4 Å². The number of piperazine rings is 1. The molecule has 0 aliphatic carbocycles. The maximum absolute atomic E-state index is 12.4. The van der Waals surface area contributed by atoms with E-state index in [9.17, 15) is 9.59 Å². The Labute approximate surface area is 222 Å². The van der Waals surface area contributed by atoms with Gasteiger partial charge in [0.25, 0.3) is 0 Å². The normalized spacial score (nSPS) is 19.9. The number of aromatic nitrogens is 2. The molecule has 1 aromatic heterocycles. The van der Waals surface area contributed by atoms with Crippen LogP contribution >= 0.6 is 0 Å². The molecule has 3 saturated heterocycles. The quantitative estimate of drug-likeness (QED) is 0.503. The molecule has 3 aliphatic rings. The van der Waals surface area contributed by atoms with E-state index < -0.39 is 6.03 Å². The minimum Gasteiger partial charge on any atom is -0.399 e. The monoisotopic (exact) mass is 516 g/mol. The Morgan fingerprint density at radius 2 is 1.58 bits per heavy atom. The summed E-state index contributed by atoms with van der Waals surface area (Å²) in [6, 6.07) is 14.2. The maximum Gasteiger partial charge on any atom is 0.329 e. The summed E-state index contributed by atoms with van der Waals surface area (Å²) in [5.74, 6) is 1.09. The highest BCUT2D eigenvalue weighted by Crippen LogP contribution is 2.32. The smallest absolute Gasteiger partial charge is 0.329 e. The van der Waals surface area contributed by atoms with Crippen molar-refractivity contribution in [3.05, 3.63) is 42.5 Å². The van der Waals surface area contributed by atoms with Gasteiger partial charge in [0, 0.05) is 88.3 Å². The number of hydrogen-bond acceptors (Lipinski definition) is 7. The van der Waals surface area contributed by atoms with Gasteiger partial charge in [0.1, 0.15) is 0 Å². The van der Waals surface area contributed by atoms with Crippen molar-refractivity contribution in [1.29, 1.82) is 0 Å². The second-order valence-electron chi connectivity index (χ2n) is 10.7. The topological polar surface area (TPSA) is 103 Å². The Morgan fingerprint density at radius 3 is 2.29 bits per heavy atom. The van der Waals surface area contributed by atoms with Gasteiger partial charge in [0.15, 0.2) is 5.82 Å². The van der Waals surface area contributed by atoms with Crippen molar-refractivity contribution in [3.63, 3.8) is 0 Å². The van der Waals surface area contributed by atoms with Crippen LogP contribution in [0, 0.1) is 5.92 Å². The lowest BCUT2D eigenvalue weighted by molar-refractivity contribution is -0.120. The number of carbonyl (C=O) groups excluding carboxylic acids is 2. The van der Waals surface area contributed by atoms with Gasteiger partial charge in [-0.3, -0.25) is 24.6 Å². The van der Waals surface area contributed by atoms with Crippen LogP contribution in [0.2, 0.25) is 0 Å². The van der Waals surface area contributed by atoms with Gasteiger partial charge in [0.2, 0.25) is 5.91 Å². The van der Waals surface area contributed by atoms with Crippen molar-refractivity contribution in [2.75, 3.05) is 72.8 Å². The van der Waals surface area contributed by atoms with Gasteiger partial charge in [-0.15, -0.1) is 0 Å². The fraction of sp³-hybridized carbons (Fsp3) is 0.464. The van der Waals surface area contributed by atoms with Gasteiger partial charge in [-0.1, -0.05) is 0 Å². The van der Waals surface area contributed by atoms with E-state index in [0.717, 1.165) is 61.8 Å². The number of piperidine rings is 1. The first-order chi connectivity index (χ1) is 18.4. The lowest BCUT2D eigenvalue weighted by Crippen LogP contribution is -2.49. The minimum atomic E-state index is -0.404. The summed E-state index contributed by atoms with van der Waals surface area (Å²) in [4.78, 5) is 33.0. The lowest BCUT2D eigenvalue weighted by atomic mass is 9.95. The van der Waals surface area contributed by atoms with Crippen molar-refractivity contribution in [2.45, 2.75) is 19.3 Å². The second kappa shape index (κ2) is 10.2. The molecule has 0 unspecified atom stereocenters. The molecule has 3 aliphatic heterocycles. The highest BCUT2D eigenvalue weighted by Gasteiger charge is 2.29. The molecule has 0 radical (unpaired) electrons. The van der Waals surface area contributed by atoms with Crippen LogP contribution in [0.5, 0.6) is 0 Å².